The largest absolute Gasteiger partial charge is 0.458 e. The number of aromatic nitrogens is 1. The number of hydrogen-bond donors (Lipinski definition) is 0. The van der Waals surface area contributed by atoms with Crippen LogP contribution in [0.25, 0.3) is 0 Å². The number of carbonyl (C=O) groups is 1. The monoisotopic (exact) mass is 309 g/mol. The SMILES string of the molecule is CCC1CCCCC1OC(=O)c1cc(Cl)nc(C(C)C)c1. The van der Waals surface area contributed by atoms with Gasteiger partial charge in [-0.3, -0.25) is 0 Å². The fourth-order valence-corrected chi connectivity index (χ4v) is 3.15. The summed E-state index contributed by atoms with van der Waals surface area (Å²) in [5.74, 6) is 0.449. The highest BCUT2D eigenvalue weighted by Crippen LogP contribution is 2.30. The average Bonchev–Trinajstić information content (AvgIpc) is 2.47. The van der Waals surface area contributed by atoms with E-state index in [2.05, 4.69) is 11.9 Å². The summed E-state index contributed by atoms with van der Waals surface area (Å²) in [6.07, 6.45) is 5.62. The predicted molar refractivity (Wildman–Crippen MR) is 84.8 cm³/mol. The van der Waals surface area contributed by atoms with Crippen molar-refractivity contribution in [2.45, 2.75) is 64.9 Å². The van der Waals surface area contributed by atoms with Crippen LogP contribution in [0.15, 0.2) is 12.1 Å². The molecule has 0 aliphatic heterocycles. The van der Waals surface area contributed by atoms with E-state index in [-0.39, 0.29) is 18.0 Å². The maximum absolute atomic E-state index is 12.4. The van der Waals surface area contributed by atoms with Crippen LogP contribution >= 0.6 is 11.6 Å². The van der Waals surface area contributed by atoms with E-state index in [0.717, 1.165) is 31.4 Å². The van der Waals surface area contributed by atoms with Gasteiger partial charge in [-0.1, -0.05) is 38.8 Å². The summed E-state index contributed by atoms with van der Waals surface area (Å²) in [6, 6.07) is 3.39. The molecule has 2 rings (SSSR count). The molecule has 1 aromatic heterocycles. The van der Waals surface area contributed by atoms with Crippen LogP contribution in [0.2, 0.25) is 5.15 Å². The molecule has 0 N–H and O–H groups in total. The van der Waals surface area contributed by atoms with Crippen LogP contribution in [0.4, 0.5) is 0 Å². The fourth-order valence-electron chi connectivity index (χ4n) is 2.93. The standard InChI is InChI=1S/C17H24ClNO2/c1-4-12-7-5-6-8-15(12)21-17(20)13-9-14(11(2)3)19-16(18)10-13/h9-12,15H,4-8H2,1-3H3. The highest BCUT2D eigenvalue weighted by molar-refractivity contribution is 6.29. The topological polar surface area (TPSA) is 39.2 Å². The normalized spacial score (nSPS) is 22.3. The van der Waals surface area contributed by atoms with E-state index in [4.69, 9.17) is 16.3 Å². The maximum Gasteiger partial charge on any atom is 0.338 e. The van der Waals surface area contributed by atoms with Crippen LogP contribution in [0, 0.1) is 5.92 Å². The van der Waals surface area contributed by atoms with Gasteiger partial charge in [0.25, 0.3) is 0 Å². The molecule has 21 heavy (non-hydrogen) atoms. The lowest BCUT2D eigenvalue weighted by atomic mass is 9.85. The predicted octanol–water partition coefficient (Wildman–Crippen LogP) is 4.98. The van der Waals surface area contributed by atoms with Crippen molar-refractivity contribution in [1.82, 2.24) is 4.98 Å². The Morgan fingerprint density at radius 1 is 1.38 bits per heavy atom. The van der Waals surface area contributed by atoms with Crippen molar-refractivity contribution in [1.29, 1.82) is 0 Å². The van der Waals surface area contributed by atoms with E-state index in [9.17, 15) is 4.79 Å². The molecule has 1 heterocycles. The minimum Gasteiger partial charge on any atom is -0.458 e. The third-order valence-electron chi connectivity index (χ3n) is 4.26. The zero-order valence-corrected chi connectivity index (χ0v) is 13.8. The van der Waals surface area contributed by atoms with Crippen molar-refractivity contribution in [3.8, 4) is 0 Å². The van der Waals surface area contributed by atoms with Crippen molar-refractivity contribution in [2.75, 3.05) is 0 Å². The average molecular weight is 310 g/mol. The Kier molecular flexibility index (Phi) is 5.63. The Morgan fingerprint density at radius 2 is 2.10 bits per heavy atom. The molecule has 2 unspecified atom stereocenters. The first-order valence-electron chi connectivity index (χ1n) is 7.89. The second-order valence-corrected chi connectivity index (χ2v) is 6.54. The fraction of sp³-hybridized carbons (Fsp3) is 0.647. The van der Waals surface area contributed by atoms with E-state index >= 15 is 0 Å². The summed E-state index contributed by atoms with van der Waals surface area (Å²) >= 11 is 6.02. The van der Waals surface area contributed by atoms with E-state index < -0.39 is 0 Å². The molecule has 1 aliphatic carbocycles. The van der Waals surface area contributed by atoms with Crippen LogP contribution in [0.1, 0.15) is 74.8 Å². The van der Waals surface area contributed by atoms with Gasteiger partial charge in [-0.05, 0) is 49.7 Å². The van der Waals surface area contributed by atoms with Crippen molar-refractivity contribution < 1.29 is 9.53 Å². The summed E-state index contributed by atoms with van der Waals surface area (Å²) in [7, 11) is 0. The van der Waals surface area contributed by atoms with E-state index in [1.54, 1.807) is 12.1 Å². The Hall–Kier alpha value is -1.09. The maximum atomic E-state index is 12.4. The first-order chi connectivity index (χ1) is 10.0. The first kappa shape index (κ1) is 16.3. The van der Waals surface area contributed by atoms with Gasteiger partial charge in [0.15, 0.2) is 0 Å². The molecular formula is C17H24ClNO2. The molecule has 116 valence electrons. The van der Waals surface area contributed by atoms with Crippen LogP contribution in [-0.2, 0) is 4.74 Å². The van der Waals surface area contributed by atoms with E-state index in [1.807, 2.05) is 13.8 Å². The van der Waals surface area contributed by atoms with Crippen molar-refractivity contribution in [3.05, 3.63) is 28.5 Å². The van der Waals surface area contributed by atoms with E-state index in [0.29, 0.717) is 16.6 Å². The van der Waals surface area contributed by atoms with Gasteiger partial charge in [0.1, 0.15) is 11.3 Å². The number of hydrogen-bond acceptors (Lipinski definition) is 3. The number of rotatable bonds is 4. The Labute approximate surface area is 132 Å². The molecule has 4 heteroatoms. The van der Waals surface area contributed by atoms with Gasteiger partial charge in [-0.25, -0.2) is 9.78 Å². The van der Waals surface area contributed by atoms with Gasteiger partial charge in [-0.2, -0.15) is 0 Å². The van der Waals surface area contributed by atoms with Gasteiger partial charge in [0, 0.05) is 5.69 Å². The summed E-state index contributed by atoms with van der Waals surface area (Å²) in [5.41, 5.74) is 1.34. The molecule has 3 nitrogen and oxygen atoms in total. The summed E-state index contributed by atoms with van der Waals surface area (Å²) in [5, 5.41) is 0.351. The lowest BCUT2D eigenvalue weighted by Gasteiger charge is -2.30. The van der Waals surface area contributed by atoms with Crippen LogP contribution < -0.4 is 0 Å². The van der Waals surface area contributed by atoms with Crippen molar-refractivity contribution in [2.24, 2.45) is 5.92 Å². The second-order valence-electron chi connectivity index (χ2n) is 6.15. The molecular weight excluding hydrogens is 286 g/mol. The second kappa shape index (κ2) is 7.26. The van der Waals surface area contributed by atoms with Crippen molar-refractivity contribution in [3.63, 3.8) is 0 Å². The Bertz CT molecular complexity index is 502. The van der Waals surface area contributed by atoms with E-state index in [1.165, 1.54) is 6.42 Å². The zero-order chi connectivity index (χ0) is 15.4. The van der Waals surface area contributed by atoms with Crippen molar-refractivity contribution >= 4 is 17.6 Å². The Morgan fingerprint density at radius 3 is 2.76 bits per heavy atom. The Balaban J connectivity index is 2.12. The summed E-state index contributed by atoms with van der Waals surface area (Å²) in [4.78, 5) is 16.6. The minimum atomic E-state index is -0.272. The quantitative estimate of drug-likeness (QED) is 0.581. The van der Waals surface area contributed by atoms with Gasteiger partial charge >= 0.3 is 5.97 Å². The summed E-state index contributed by atoms with van der Waals surface area (Å²) in [6.45, 7) is 6.22. The van der Waals surface area contributed by atoms with Crippen LogP contribution in [0.5, 0.6) is 0 Å². The van der Waals surface area contributed by atoms with Gasteiger partial charge < -0.3 is 4.74 Å². The lowest BCUT2D eigenvalue weighted by molar-refractivity contribution is 0.000685. The van der Waals surface area contributed by atoms with Gasteiger partial charge in [0.05, 0.1) is 5.56 Å². The number of pyridine rings is 1. The van der Waals surface area contributed by atoms with Gasteiger partial charge in [0.2, 0.25) is 0 Å². The molecule has 1 saturated carbocycles. The van der Waals surface area contributed by atoms with Gasteiger partial charge in [-0.15, -0.1) is 0 Å². The molecule has 0 amide bonds. The van der Waals surface area contributed by atoms with Crippen LogP contribution in [-0.4, -0.2) is 17.1 Å². The third kappa shape index (κ3) is 4.19. The molecule has 0 spiro atoms. The molecule has 0 radical (unpaired) electrons. The molecule has 0 bridgehead atoms. The molecule has 1 aliphatic rings. The number of ether oxygens (including phenoxy) is 1. The number of halogens is 1. The summed E-state index contributed by atoms with van der Waals surface area (Å²) < 4.78 is 5.75. The minimum absolute atomic E-state index is 0.0469. The highest BCUT2D eigenvalue weighted by Gasteiger charge is 2.27. The van der Waals surface area contributed by atoms with Crippen LogP contribution in [0.3, 0.4) is 0 Å². The molecule has 0 saturated heterocycles. The molecule has 1 aromatic rings. The molecule has 2 atom stereocenters. The number of nitrogens with zero attached hydrogens (tertiary/aromatic N) is 1. The third-order valence-corrected chi connectivity index (χ3v) is 4.46. The molecule has 1 fully saturated rings. The smallest absolute Gasteiger partial charge is 0.338 e. The lowest BCUT2D eigenvalue weighted by Crippen LogP contribution is -2.29. The first-order valence-corrected chi connectivity index (χ1v) is 8.27. The number of carbonyl (C=O) groups excluding carboxylic acids is 1. The number of esters is 1. The zero-order valence-electron chi connectivity index (χ0n) is 13.1. The molecule has 0 aromatic carbocycles. The highest BCUT2D eigenvalue weighted by atomic mass is 35.5.